The molecule has 1 aromatic carbocycles. The van der Waals surface area contributed by atoms with Crippen molar-refractivity contribution < 1.29 is 80.9 Å². The number of halogens is 2. The van der Waals surface area contributed by atoms with Gasteiger partial charge in [-0.2, -0.15) is 0 Å². The second kappa shape index (κ2) is 16.2. The summed E-state index contributed by atoms with van der Waals surface area (Å²) < 4.78 is 77.8. The van der Waals surface area contributed by atoms with Gasteiger partial charge in [-0.3, -0.25) is 9.59 Å². The van der Waals surface area contributed by atoms with Crippen LogP contribution in [0.25, 0.3) is 0 Å². The highest BCUT2D eigenvalue weighted by molar-refractivity contribution is 6.01. The molecule has 1 N–H and O–H groups in total. The van der Waals surface area contributed by atoms with Crippen LogP contribution in [0.15, 0.2) is 42.0 Å². The van der Waals surface area contributed by atoms with E-state index in [2.05, 4.69) is 4.84 Å². The van der Waals surface area contributed by atoms with Gasteiger partial charge in [-0.25, -0.2) is 18.4 Å². The maximum atomic E-state index is 17.7. The number of alkyl halides is 2. The molecule has 6 rings (SSSR count). The predicted molar refractivity (Wildman–Crippen MR) is 192 cm³/mol. The Bertz CT molecular complexity index is 1870. The molecule has 19 heteroatoms. The minimum atomic E-state index is -2.39. The fourth-order valence-electron chi connectivity index (χ4n) is 9.80. The molecule has 0 radical (unpaired) electrons. The molecule has 1 aromatic rings. The van der Waals surface area contributed by atoms with E-state index in [9.17, 15) is 34.4 Å². The van der Waals surface area contributed by atoms with Crippen LogP contribution in [0, 0.1) is 32.8 Å². The number of nitrogens with zero attached hydrogens (tertiary/aromatic N) is 1. The minimum absolute atomic E-state index is 0.00334. The van der Waals surface area contributed by atoms with E-state index >= 15 is 8.78 Å². The smallest absolute Gasteiger partial charge is 0.493 e. The molecule has 9 atom stereocenters. The van der Waals surface area contributed by atoms with Crippen molar-refractivity contribution in [3.63, 3.8) is 0 Å². The van der Waals surface area contributed by atoms with Crippen molar-refractivity contribution in [3.8, 4) is 11.5 Å². The van der Waals surface area contributed by atoms with E-state index in [0.717, 1.165) is 6.08 Å². The van der Waals surface area contributed by atoms with Crippen molar-refractivity contribution in [2.75, 3.05) is 53.4 Å². The second-order valence-corrected chi connectivity index (χ2v) is 15.8. The highest BCUT2D eigenvalue weighted by Gasteiger charge is 2.80. The number of fused-ring (bicyclic) bond motifs is 7. The molecule has 1 heterocycles. The lowest BCUT2D eigenvalue weighted by Crippen LogP contribution is -2.71. The van der Waals surface area contributed by atoms with Gasteiger partial charge in [0, 0.05) is 16.7 Å². The Morgan fingerprint density at radius 1 is 0.983 bits per heavy atom. The van der Waals surface area contributed by atoms with E-state index < -0.39 is 93.5 Å². The number of ketones is 2. The van der Waals surface area contributed by atoms with Gasteiger partial charge in [0.05, 0.1) is 51.3 Å². The highest BCUT2D eigenvalue weighted by atomic mass is 19.1. The Hall–Kier alpha value is -4.56. The first-order valence-corrected chi connectivity index (χ1v) is 18.8. The number of ether oxygens (including phenoxy) is 8. The van der Waals surface area contributed by atoms with Gasteiger partial charge in [-0.15, -0.1) is 10.1 Å². The largest absolute Gasteiger partial charge is 0.514 e. The zero-order chi connectivity index (χ0) is 42.3. The molecule has 0 bridgehead atoms. The zero-order valence-corrected chi connectivity index (χ0v) is 32.7. The third-order valence-corrected chi connectivity index (χ3v) is 12.2. The molecule has 0 amide bonds. The van der Waals surface area contributed by atoms with Crippen molar-refractivity contribution in [1.29, 1.82) is 0 Å². The molecule has 2 unspecified atom stereocenters. The van der Waals surface area contributed by atoms with E-state index in [0.29, 0.717) is 0 Å². The molecule has 4 fully saturated rings. The number of carbonyl (C=O) groups is 4. The van der Waals surface area contributed by atoms with E-state index in [-0.39, 0.29) is 81.5 Å². The summed E-state index contributed by atoms with van der Waals surface area (Å²) in [5.41, 5.74) is -7.14. The zero-order valence-electron chi connectivity index (χ0n) is 32.7. The van der Waals surface area contributed by atoms with Gasteiger partial charge in [-0.1, -0.05) is 13.0 Å². The summed E-state index contributed by atoms with van der Waals surface area (Å²) in [5.74, 6) is -5.25. The lowest BCUT2D eigenvalue weighted by Gasteiger charge is -2.63. The molecular formula is C39H47F2NO16. The first-order valence-electron chi connectivity index (χ1n) is 18.8. The Morgan fingerprint density at radius 2 is 1.67 bits per heavy atom. The van der Waals surface area contributed by atoms with Crippen molar-refractivity contribution >= 4 is 23.7 Å². The number of rotatable bonds is 16. The highest BCUT2D eigenvalue weighted by Crippen LogP contribution is 2.72. The van der Waals surface area contributed by atoms with Crippen LogP contribution in [-0.2, 0) is 42.8 Å². The van der Waals surface area contributed by atoms with Gasteiger partial charge in [-0.05, 0) is 81.9 Å². The van der Waals surface area contributed by atoms with Crippen LogP contribution in [0.3, 0.4) is 0 Å². The number of hydrogen-bond donors (Lipinski definition) is 1. The monoisotopic (exact) mass is 823 g/mol. The third kappa shape index (κ3) is 7.46. The van der Waals surface area contributed by atoms with Crippen LogP contribution in [0.1, 0.15) is 57.3 Å². The van der Waals surface area contributed by atoms with E-state index in [1.165, 1.54) is 44.4 Å². The van der Waals surface area contributed by atoms with Crippen molar-refractivity contribution in [2.24, 2.45) is 22.7 Å². The number of benzene rings is 1. The Kier molecular flexibility index (Phi) is 12.0. The summed E-state index contributed by atoms with van der Waals surface area (Å²) in [6.45, 7) is 5.51. The molecule has 58 heavy (non-hydrogen) atoms. The van der Waals surface area contributed by atoms with Crippen molar-refractivity contribution in [1.82, 2.24) is 0 Å². The summed E-state index contributed by atoms with van der Waals surface area (Å²) in [5, 5.41) is 20.9. The number of aliphatic hydroxyl groups is 1. The van der Waals surface area contributed by atoms with E-state index in [1.807, 2.05) is 0 Å². The molecule has 0 spiro atoms. The predicted octanol–water partition coefficient (Wildman–Crippen LogP) is 4.00. The van der Waals surface area contributed by atoms with Gasteiger partial charge in [0.1, 0.15) is 19.4 Å². The van der Waals surface area contributed by atoms with Crippen LogP contribution in [0.4, 0.5) is 13.6 Å². The van der Waals surface area contributed by atoms with E-state index in [4.69, 9.17) is 37.9 Å². The normalized spacial score (nSPS) is 34.1. The first kappa shape index (κ1) is 43.0. The molecule has 318 valence electrons. The molecule has 1 aliphatic heterocycles. The molecule has 4 aliphatic carbocycles. The second-order valence-electron chi connectivity index (χ2n) is 15.8. The number of Topliss-reactive ketones (excluding diaryl/α,β-unsaturated/α-hetero) is 1. The summed E-state index contributed by atoms with van der Waals surface area (Å²) in [6, 6.07) is 3.83. The van der Waals surface area contributed by atoms with Crippen LogP contribution >= 0.6 is 0 Å². The van der Waals surface area contributed by atoms with Crippen LogP contribution in [-0.4, -0.2) is 123 Å². The summed E-state index contributed by atoms with van der Waals surface area (Å²) >= 11 is 0. The Labute approximate surface area is 331 Å². The van der Waals surface area contributed by atoms with Crippen molar-refractivity contribution in [2.45, 2.75) is 82.4 Å². The first-order chi connectivity index (χ1) is 27.3. The average molecular weight is 824 g/mol. The van der Waals surface area contributed by atoms with Gasteiger partial charge < -0.3 is 47.8 Å². The SMILES string of the molecule is COc1cc(C(=O)OCCOCCOCCO[N+](=O)[O-])ccc1OC(=O)OCC(=O)[C@@]12OC(C)(C)O[C@@H]1CC1C3C[C@H](F)C4=CC(=O)C=C[C@]4(C)[C@@]3(F)[C@@H](O)C[C@@]12C. The molecular weight excluding hydrogens is 776 g/mol. The quantitative estimate of drug-likeness (QED) is 0.0820. The number of methoxy groups -OCH3 is 1. The fraction of sp³-hybridized carbons (Fsp3) is 0.641. The van der Waals surface area contributed by atoms with Gasteiger partial charge in [0.2, 0.25) is 5.78 Å². The molecule has 1 saturated heterocycles. The topological polar surface area (TPSA) is 215 Å². The van der Waals surface area contributed by atoms with Gasteiger partial charge in [0.25, 0.3) is 5.09 Å². The lowest BCUT2D eigenvalue weighted by atomic mass is 9.44. The molecule has 0 aromatic heterocycles. The number of aliphatic hydroxyl groups excluding tert-OH is 1. The Balaban J connectivity index is 1.08. The van der Waals surface area contributed by atoms with Crippen LogP contribution in [0.5, 0.6) is 11.5 Å². The minimum Gasteiger partial charge on any atom is -0.493 e. The fourth-order valence-corrected chi connectivity index (χ4v) is 9.80. The average Bonchev–Trinajstić information content (AvgIpc) is 3.58. The summed E-state index contributed by atoms with van der Waals surface area (Å²) in [7, 11) is 1.27. The van der Waals surface area contributed by atoms with Gasteiger partial charge >= 0.3 is 12.1 Å². The lowest BCUT2D eigenvalue weighted by molar-refractivity contribution is -0.758. The van der Waals surface area contributed by atoms with E-state index in [1.54, 1.807) is 20.8 Å². The maximum Gasteiger partial charge on any atom is 0.514 e. The van der Waals surface area contributed by atoms with Crippen LogP contribution in [0.2, 0.25) is 0 Å². The summed E-state index contributed by atoms with van der Waals surface area (Å²) in [6.07, 6.45) is -2.56. The molecule has 5 aliphatic rings. The molecule has 3 saturated carbocycles. The van der Waals surface area contributed by atoms with Crippen LogP contribution < -0.4 is 9.47 Å². The third-order valence-electron chi connectivity index (χ3n) is 12.2. The standard InChI is InChI=1S/C39H47F2NO16/c1-35(2)57-32-19-24-25-18-27(40)26-17-23(43)8-9-36(26,3)38(25,41)30(44)20-37(24,4)39(32,58-35)31(45)21-54-34(47)56-28-7-6-22(16-29(28)50-5)33(46)53-14-12-51-10-11-52-13-15-55-42(48)49/h6-9,16-17,24-25,27,30,32,44H,10-15,18-21H2,1-5H3/t24?,25?,27-,30-,32+,36-,37-,38-,39+/m0/s1. The number of allylic oxidation sites excluding steroid dienone is 4. The summed E-state index contributed by atoms with van der Waals surface area (Å²) in [4.78, 5) is 66.4. The Morgan fingerprint density at radius 3 is 2.36 bits per heavy atom. The van der Waals surface area contributed by atoms with Crippen molar-refractivity contribution in [3.05, 3.63) is 57.7 Å². The molecule has 17 nitrogen and oxygen atoms in total. The number of hydrogen-bond acceptors (Lipinski definition) is 16. The maximum absolute atomic E-state index is 17.7. The number of carbonyl (C=O) groups excluding carboxylic acids is 4. The van der Waals surface area contributed by atoms with Gasteiger partial charge in [0.15, 0.2) is 40.9 Å². The number of esters is 1.